The Balaban J connectivity index is 1.79. The Morgan fingerprint density at radius 2 is 1.71 bits per heavy atom. The van der Waals surface area contributed by atoms with Gasteiger partial charge in [-0.1, -0.05) is 6.07 Å². The number of hydrogen-bond acceptors (Lipinski definition) is 10. The van der Waals surface area contributed by atoms with E-state index >= 15 is 0 Å². The molecule has 14 heteroatoms. The Hall–Kier alpha value is -3.70. The van der Waals surface area contributed by atoms with Crippen molar-refractivity contribution in [2.24, 2.45) is 0 Å². The number of para-hydroxylation sites is 1. The lowest BCUT2D eigenvalue weighted by Crippen LogP contribution is -2.29. The molecule has 35 heavy (non-hydrogen) atoms. The summed E-state index contributed by atoms with van der Waals surface area (Å²) in [6, 6.07) is 6.88. The normalized spacial score (nSPS) is 12.2. The van der Waals surface area contributed by atoms with Crippen molar-refractivity contribution in [1.82, 2.24) is 34.9 Å². The van der Waals surface area contributed by atoms with E-state index in [1.54, 1.807) is 43.6 Å². The van der Waals surface area contributed by atoms with Crippen LogP contribution in [-0.2, 0) is 16.4 Å². The van der Waals surface area contributed by atoms with Gasteiger partial charge in [-0.3, -0.25) is 9.29 Å². The molecule has 0 spiro atoms. The fourth-order valence-corrected chi connectivity index (χ4v) is 4.39. The van der Waals surface area contributed by atoms with Crippen molar-refractivity contribution in [3.8, 4) is 28.6 Å². The van der Waals surface area contributed by atoms with Gasteiger partial charge in [0.1, 0.15) is 23.0 Å². The Kier molecular flexibility index (Phi) is 7.17. The number of rotatable bonds is 9. The van der Waals surface area contributed by atoms with Gasteiger partial charge in [-0.05, 0) is 25.1 Å². The number of methoxy groups -OCH3 is 2. The highest BCUT2D eigenvalue weighted by Gasteiger charge is 2.28. The van der Waals surface area contributed by atoms with Crippen LogP contribution in [-0.4, -0.2) is 62.8 Å². The molecule has 182 valence electrons. The van der Waals surface area contributed by atoms with Gasteiger partial charge in [0.05, 0.1) is 31.9 Å². The maximum atomic E-state index is 13.3. The molecule has 0 bridgehead atoms. The first kappa shape index (κ1) is 24.4. The van der Waals surface area contributed by atoms with Gasteiger partial charge in [-0.15, -0.1) is 19.4 Å². The van der Waals surface area contributed by atoms with E-state index in [9.17, 15) is 8.42 Å². The first-order valence-electron chi connectivity index (χ1n) is 10.4. The predicted octanol–water partition coefficient (Wildman–Crippen LogP) is 1.40. The van der Waals surface area contributed by atoms with E-state index in [0.717, 1.165) is 5.30 Å². The second-order valence-corrected chi connectivity index (χ2v) is 10.2. The minimum absolute atomic E-state index is 0.0484. The SMILES string of the molecule is COc1cccc(OC)c1-n1c(NS(=O)(=O)[C@@H](C)Cc2ncc(P)cn2)nnc1-c1ccnnc1. The van der Waals surface area contributed by atoms with Crippen molar-refractivity contribution in [2.75, 3.05) is 18.9 Å². The molecule has 0 fully saturated rings. The van der Waals surface area contributed by atoms with Gasteiger partial charge in [0.15, 0.2) is 5.82 Å². The van der Waals surface area contributed by atoms with Crippen LogP contribution in [0.15, 0.2) is 49.1 Å². The zero-order chi connectivity index (χ0) is 25.0. The lowest BCUT2D eigenvalue weighted by Gasteiger charge is -2.19. The molecule has 4 rings (SSSR count). The maximum absolute atomic E-state index is 13.3. The van der Waals surface area contributed by atoms with Crippen molar-refractivity contribution >= 4 is 30.5 Å². The third-order valence-electron chi connectivity index (χ3n) is 5.09. The Morgan fingerprint density at radius 3 is 2.31 bits per heavy atom. The van der Waals surface area contributed by atoms with Gasteiger partial charge in [-0.25, -0.2) is 18.4 Å². The highest BCUT2D eigenvalue weighted by atomic mass is 32.2. The summed E-state index contributed by atoms with van der Waals surface area (Å²) in [5.41, 5.74) is 0.976. The average molecular weight is 515 g/mol. The van der Waals surface area contributed by atoms with Gasteiger partial charge in [-0.2, -0.15) is 10.2 Å². The standard InChI is InChI=1S/C21H23N8O4PS/c1-13(9-18-22-11-15(34)12-23-18)35(30,31)28-21-27-26-20(14-7-8-24-25-10-14)29(21)19-16(32-2)5-4-6-17(19)33-3/h4-8,10-13H,9,34H2,1-3H3,(H,27,28)/t13-/m0/s1. The lowest BCUT2D eigenvalue weighted by atomic mass is 10.2. The fourth-order valence-electron chi connectivity index (χ4n) is 3.29. The molecule has 2 atom stereocenters. The molecule has 0 saturated heterocycles. The molecule has 0 aliphatic carbocycles. The van der Waals surface area contributed by atoms with E-state index in [-0.39, 0.29) is 12.4 Å². The van der Waals surface area contributed by atoms with E-state index in [2.05, 4.69) is 44.3 Å². The van der Waals surface area contributed by atoms with E-state index in [1.165, 1.54) is 31.2 Å². The maximum Gasteiger partial charge on any atom is 0.243 e. The Labute approximate surface area is 204 Å². The minimum atomic E-state index is -3.93. The van der Waals surface area contributed by atoms with E-state index in [0.29, 0.717) is 34.4 Å². The summed E-state index contributed by atoms with van der Waals surface area (Å²) in [4.78, 5) is 8.38. The Bertz CT molecular complexity index is 1390. The number of nitrogens with zero attached hydrogens (tertiary/aromatic N) is 7. The van der Waals surface area contributed by atoms with Crippen LogP contribution in [0.2, 0.25) is 0 Å². The quantitative estimate of drug-likeness (QED) is 0.325. The Morgan fingerprint density at radius 1 is 1.03 bits per heavy atom. The molecule has 0 radical (unpaired) electrons. The second-order valence-electron chi connectivity index (χ2n) is 7.42. The van der Waals surface area contributed by atoms with Crippen molar-refractivity contribution in [3.05, 3.63) is 54.9 Å². The smallest absolute Gasteiger partial charge is 0.243 e. The van der Waals surface area contributed by atoms with Crippen LogP contribution in [0, 0.1) is 0 Å². The summed E-state index contributed by atoms with van der Waals surface area (Å²) in [5, 5.41) is 16.0. The van der Waals surface area contributed by atoms with Crippen LogP contribution >= 0.6 is 9.24 Å². The third-order valence-corrected chi connectivity index (χ3v) is 7.08. The molecular weight excluding hydrogens is 491 g/mol. The van der Waals surface area contributed by atoms with Gasteiger partial charge in [0, 0.05) is 29.7 Å². The van der Waals surface area contributed by atoms with Gasteiger partial charge in [0.2, 0.25) is 16.0 Å². The number of anilines is 1. The average Bonchev–Trinajstić information content (AvgIpc) is 3.27. The van der Waals surface area contributed by atoms with Crippen LogP contribution in [0.1, 0.15) is 12.7 Å². The largest absolute Gasteiger partial charge is 0.494 e. The predicted molar refractivity (Wildman–Crippen MR) is 133 cm³/mol. The van der Waals surface area contributed by atoms with Crippen LogP contribution in [0.4, 0.5) is 5.95 Å². The summed E-state index contributed by atoms with van der Waals surface area (Å²) >= 11 is 0. The molecule has 0 aliphatic rings. The monoisotopic (exact) mass is 514 g/mol. The van der Waals surface area contributed by atoms with E-state index in [1.807, 2.05) is 0 Å². The molecular formula is C21H23N8O4PS. The van der Waals surface area contributed by atoms with Crippen molar-refractivity contribution in [1.29, 1.82) is 0 Å². The molecule has 1 unspecified atom stereocenters. The highest BCUT2D eigenvalue weighted by Crippen LogP contribution is 2.37. The van der Waals surface area contributed by atoms with Crippen molar-refractivity contribution in [2.45, 2.75) is 18.6 Å². The number of aromatic nitrogens is 7. The molecule has 1 N–H and O–H groups in total. The number of sulfonamides is 1. The number of ether oxygens (including phenoxy) is 2. The summed E-state index contributed by atoms with van der Waals surface area (Å²) in [7, 11) is 1.56. The van der Waals surface area contributed by atoms with Crippen LogP contribution in [0.3, 0.4) is 0 Å². The molecule has 12 nitrogen and oxygen atoms in total. The third kappa shape index (κ3) is 5.20. The van der Waals surface area contributed by atoms with Crippen LogP contribution < -0.4 is 19.5 Å². The molecule has 1 aromatic carbocycles. The number of hydrogen-bond donors (Lipinski definition) is 1. The van der Waals surface area contributed by atoms with Crippen molar-refractivity contribution < 1.29 is 17.9 Å². The minimum Gasteiger partial charge on any atom is -0.494 e. The zero-order valence-corrected chi connectivity index (χ0v) is 21.1. The molecule has 4 aromatic rings. The molecule has 3 aromatic heterocycles. The molecule has 0 amide bonds. The highest BCUT2D eigenvalue weighted by molar-refractivity contribution is 7.93. The molecule has 0 saturated carbocycles. The van der Waals surface area contributed by atoms with Gasteiger partial charge < -0.3 is 9.47 Å². The van der Waals surface area contributed by atoms with Crippen molar-refractivity contribution in [3.63, 3.8) is 0 Å². The molecule has 0 aliphatic heterocycles. The first-order chi connectivity index (χ1) is 16.8. The summed E-state index contributed by atoms with van der Waals surface area (Å²) < 4.78 is 41.7. The van der Waals surface area contributed by atoms with Gasteiger partial charge >= 0.3 is 0 Å². The topological polar surface area (TPSA) is 147 Å². The lowest BCUT2D eigenvalue weighted by molar-refractivity contribution is 0.391. The zero-order valence-electron chi connectivity index (χ0n) is 19.2. The number of nitrogens with one attached hydrogen (secondary N) is 1. The fraction of sp³-hybridized carbons (Fsp3) is 0.238. The second kappa shape index (κ2) is 10.3. The van der Waals surface area contributed by atoms with Crippen LogP contribution in [0.5, 0.6) is 11.5 Å². The summed E-state index contributed by atoms with van der Waals surface area (Å²) in [5.74, 6) is 1.52. The van der Waals surface area contributed by atoms with E-state index in [4.69, 9.17) is 9.47 Å². The van der Waals surface area contributed by atoms with Crippen LogP contribution in [0.25, 0.3) is 17.1 Å². The number of benzene rings is 1. The van der Waals surface area contributed by atoms with Gasteiger partial charge in [0.25, 0.3) is 0 Å². The summed E-state index contributed by atoms with van der Waals surface area (Å²) in [6.45, 7) is 1.57. The first-order valence-corrected chi connectivity index (χ1v) is 12.5. The van der Waals surface area contributed by atoms with E-state index < -0.39 is 15.3 Å². The summed E-state index contributed by atoms with van der Waals surface area (Å²) in [6.07, 6.45) is 6.32. The molecule has 3 heterocycles.